The van der Waals surface area contributed by atoms with Gasteiger partial charge in [-0.05, 0) is 41.4 Å². The molecule has 3 rings (SSSR count). The zero-order valence-electron chi connectivity index (χ0n) is 14.7. The highest BCUT2D eigenvalue weighted by molar-refractivity contribution is 5.94. The highest BCUT2D eigenvalue weighted by Crippen LogP contribution is 2.27. The molecular weight excluding hydrogens is 351 g/mol. The molecule has 1 aliphatic rings. The van der Waals surface area contributed by atoms with E-state index in [4.69, 9.17) is 15.0 Å². The average Bonchev–Trinajstić information content (AvgIpc) is 2.72. The fourth-order valence-electron chi connectivity index (χ4n) is 2.81. The van der Waals surface area contributed by atoms with Gasteiger partial charge >= 0.3 is 0 Å². The fourth-order valence-corrected chi connectivity index (χ4v) is 2.81. The van der Waals surface area contributed by atoms with E-state index in [1.165, 1.54) is 12.1 Å². The van der Waals surface area contributed by atoms with Gasteiger partial charge in [0.15, 0.2) is 0 Å². The van der Waals surface area contributed by atoms with Gasteiger partial charge in [0, 0.05) is 29.1 Å². The van der Waals surface area contributed by atoms with Crippen LogP contribution in [0.5, 0.6) is 5.75 Å². The second kappa shape index (κ2) is 9.02. The van der Waals surface area contributed by atoms with E-state index in [1.807, 2.05) is 0 Å². The van der Waals surface area contributed by atoms with Crippen LogP contribution in [-0.2, 0) is 4.74 Å². The van der Waals surface area contributed by atoms with Crippen LogP contribution in [0.2, 0.25) is 0 Å². The van der Waals surface area contributed by atoms with Gasteiger partial charge < -0.3 is 14.4 Å². The molecule has 0 spiro atoms. The van der Waals surface area contributed by atoms with Crippen LogP contribution in [0.25, 0.3) is 21.6 Å². The number of amides is 1. The minimum atomic E-state index is -0.385. The minimum Gasteiger partial charge on any atom is -0.493 e. The Kier molecular flexibility index (Phi) is 6.25. The number of azide groups is 1. The summed E-state index contributed by atoms with van der Waals surface area (Å²) in [7, 11) is 0. The molecule has 2 aromatic carbocycles. The quantitative estimate of drug-likeness (QED) is 0.336. The SMILES string of the molecule is [N-]=[N+]=NCCOc1ccc(F)c(-c2ccc(C(=O)N3CCOCC3)cc2)c1. The number of nitrogens with zero attached hydrogens (tertiary/aromatic N) is 4. The first-order chi connectivity index (χ1) is 13.2. The van der Waals surface area contributed by atoms with Gasteiger partial charge in [0.05, 0.1) is 26.4 Å². The molecule has 0 aromatic heterocycles. The molecule has 1 amide bonds. The predicted molar refractivity (Wildman–Crippen MR) is 98.1 cm³/mol. The second-order valence-corrected chi connectivity index (χ2v) is 5.93. The van der Waals surface area contributed by atoms with E-state index in [2.05, 4.69) is 10.0 Å². The van der Waals surface area contributed by atoms with Crippen LogP contribution in [0.3, 0.4) is 0 Å². The Labute approximate surface area is 155 Å². The van der Waals surface area contributed by atoms with E-state index in [0.29, 0.717) is 48.7 Å². The van der Waals surface area contributed by atoms with Crippen LogP contribution in [-0.4, -0.2) is 50.3 Å². The van der Waals surface area contributed by atoms with Crippen molar-refractivity contribution in [2.75, 3.05) is 39.5 Å². The van der Waals surface area contributed by atoms with E-state index < -0.39 is 0 Å². The number of hydrogen-bond acceptors (Lipinski definition) is 4. The van der Waals surface area contributed by atoms with E-state index in [9.17, 15) is 9.18 Å². The number of carbonyl (C=O) groups is 1. The van der Waals surface area contributed by atoms with Crippen LogP contribution >= 0.6 is 0 Å². The molecule has 0 unspecified atom stereocenters. The molecule has 1 aliphatic heterocycles. The topological polar surface area (TPSA) is 87.5 Å². The third-order valence-electron chi connectivity index (χ3n) is 4.20. The molecule has 0 radical (unpaired) electrons. The van der Waals surface area contributed by atoms with Crippen LogP contribution < -0.4 is 4.74 Å². The van der Waals surface area contributed by atoms with Gasteiger partial charge in [-0.1, -0.05) is 17.2 Å². The summed E-state index contributed by atoms with van der Waals surface area (Å²) in [6, 6.07) is 11.3. The van der Waals surface area contributed by atoms with Crippen molar-refractivity contribution in [2.45, 2.75) is 0 Å². The molecule has 0 N–H and O–H groups in total. The van der Waals surface area contributed by atoms with E-state index in [0.717, 1.165) is 0 Å². The largest absolute Gasteiger partial charge is 0.493 e. The van der Waals surface area contributed by atoms with Gasteiger partial charge in [0.1, 0.15) is 11.6 Å². The molecule has 27 heavy (non-hydrogen) atoms. The summed E-state index contributed by atoms with van der Waals surface area (Å²) in [5.74, 6) is 0.0399. The highest BCUT2D eigenvalue weighted by atomic mass is 19.1. The lowest BCUT2D eigenvalue weighted by Crippen LogP contribution is -2.40. The Morgan fingerprint density at radius 3 is 2.67 bits per heavy atom. The Hall–Kier alpha value is -3.09. The molecule has 2 aromatic rings. The van der Waals surface area contributed by atoms with Crippen molar-refractivity contribution in [1.82, 2.24) is 4.90 Å². The smallest absolute Gasteiger partial charge is 0.254 e. The summed E-state index contributed by atoms with van der Waals surface area (Å²) in [5.41, 5.74) is 9.84. The van der Waals surface area contributed by atoms with Crippen molar-refractivity contribution < 1.29 is 18.7 Å². The number of rotatable bonds is 6. The normalized spacial score (nSPS) is 13.7. The molecule has 1 saturated heterocycles. The summed E-state index contributed by atoms with van der Waals surface area (Å²) in [4.78, 5) is 16.9. The van der Waals surface area contributed by atoms with Gasteiger partial charge in [0.25, 0.3) is 5.91 Å². The summed E-state index contributed by atoms with van der Waals surface area (Å²) in [5, 5.41) is 3.39. The Morgan fingerprint density at radius 2 is 1.96 bits per heavy atom. The zero-order valence-corrected chi connectivity index (χ0v) is 14.7. The zero-order chi connectivity index (χ0) is 19.1. The van der Waals surface area contributed by atoms with E-state index in [1.54, 1.807) is 35.2 Å². The Bertz CT molecular complexity index is 845. The molecule has 0 aliphatic carbocycles. The molecule has 1 heterocycles. The maximum absolute atomic E-state index is 14.2. The summed E-state index contributed by atoms with van der Waals surface area (Å²) in [6.45, 7) is 2.64. The minimum absolute atomic E-state index is 0.0551. The van der Waals surface area contributed by atoms with E-state index in [-0.39, 0.29) is 24.9 Å². The first-order valence-corrected chi connectivity index (χ1v) is 8.59. The molecule has 0 bridgehead atoms. The first kappa shape index (κ1) is 18.7. The molecule has 140 valence electrons. The lowest BCUT2D eigenvalue weighted by Gasteiger charge is -2.26. The molecular formula is C19H19FN4O3. The van der Waals surface area contributed by atoms with Crippen molar-refractivity contribution in [1.29, 1.82) is 0 Å². The Morgan fingerprint density at radius 1 is 1.22 bits per heavy atom. The summed E-state index contributed by atoms with van der Waals surface area (Å²) >= 11 is 0. The molecule has 1 fully saturated rings. The summed E-state index contributed by atoms with van der Waals surface area (Å²) in [6.07, 6.45) is 0. The standard InChI is InChI=1S/C19H19FN4O3/c20-18-6-5-16(27-10-7-22-23-21)13-17(18)14-1-3-15(4-2-14)19(25)24-8-11-26-12-9-24/h1-6,13H,7-12H2. The number of benzene rings is 2. The predicted octanol–water partition coefficient (Wildman–Crippen LogP) is 3.65. The van der Waals surface area contributed by atoms with Crippen LogP contribution in [0, 0.1) is 5.82 Å². The van der Waals surface area contributed by atoms with Crippen molar-refractivity contribution in [2.24, 2.45) is 5.11 Å². The highest BCUT2D eigenvalue weighted by Gasteiger charge is 2.18. The van der Waals surface area contributed by atoms with Crippen molar-refractivity contribution in [3.05, 3.63) is 64.3 Å². The Balaban J connectivity index is 1.74. The lowest BCUT2D eigenvalue weighted by molar-refractivity contribution is 0.0303. The number of hydrogen-bond donors (Lipinski definition) is 0. The number of carbonyl (C=O) groups excluding carboxylic acids is 1. The van der Waals surface area contributed by atoms with Crippen LogP contribution in [0.15, 0.2) is 47.6 Å². The number of ether oxygens (including phenoxy) is 2. The summed E-state index contributed by atoms with van der Waals surface area (Å²) < 4.78 is 25.0. The monoisotopic (exact) mass is 370 g/mol. The van der Waals surface area contributed by atoms with Gasteiger partial charge in [-0.2, -0.15) is 0 Å². The maximum atomic E-state index is 14.2. The second-order valence-electron chi connectivity index (χ2n) is 5.93. The third kappa shape index (κ3) is 4.75. The fraction of sp³-hybridized carbons (Fsp3) is 0.316. The lowest BCUT2D eigenvalue weighted by atomic mass is 10.0. The van der Waals surface area contributed by atoms with Gasteiger partial charge in [-0.15, -0.1) is 0 Å². The van der Waals surface area contributed by atoms with Gasteiger partial charge in [0.2, 0.25) is 0 Å². The molecule has 0 saturated carbocycles. The molecule has 0 atom stereocenters. The number of halogens is 1. The van der Waals surface area contributed by atoms with Crippen LogP contribution in [0.1, 0.15) is 10.4 Å². The van der Waals surface area contributed by atoms with Gasteiger partial charge in [-0.3, -0.25) is 4.79 Å². The van der Waals surface area contributed by atoms with Gasteiger partial charge in [-0.25, -0.2) is 4.39 Å². The maximum Gasteiger partial charge on any atom is 0.254 e. The van der Waals surface area contributed by atoms with Crippen molar-refractivity contribution >= 4 is 5.91 Å². The molecule has 8 heteroatoms. The number of morpholine rings is 1. The first-order valence-electron chi connectivity index (χ1n) is 8.59. The van der Waals surface area contributed by atoms with E-state index >= 15 is 0 Å². The third-order valence-corrected chi connectivity index (χ3v) is 4.20. The van der Waals surface area contributed by atoms with Crippen molar-refractivity contribution in [3.8, 4) is 16.9 Å². The molecule has 7 nitrogen and oxygen atoms in total. The van der Waals surface area contributed by atoms with Crippen molar-refractivity contribution in [3.63, 3.8) is 0 Å². The van der Waals surface area contributed by atoms with Crippen LogP contribution in [0.4, 0.5) is 4.39 Å². The average molecular weight is 370 g/mol.